The summed E-state index contributed by atoms with van der Waals surface area (Å²) in [7, 11) is 1.37. The molecule has 0 aliphatic carbocycles. The van der Waals surface area contributed by atoms with E-state index < -0.39 is 29.4 Å². The molecular formula is C10H19N3O4. The number of hydrogen-bond acceptors (Lipinski definition) is 3. The first-order chi connectivity index (χ1) is 7.59. The Kier molecular flexibility index (Phi) is 4.93. The second kappa shape index (κ2) is 5.51. The number of carbonyl (C=O) groups is 3. The molecule has 98 valence electrons. The number of nitrogens with two attached hydrogens (primary N) is 1. The van der Waals surface area contributed by atoms with E-state index in [2.05, 4.69) is 5.32 Å². The molecule has 17 heavy (non-hydrogen) atoms. The molecular weight excluding hydrogens is 226 g/mol. The van der Waals surface area contributed by atoms with E-state index in [1.807, 2.05) is 0 Å². The molecule has 0 rings (SSSR count). The minimum absolute atomic E-state index is 0.0534. The number of primary amides is 1. The lowest BCUT2D eigenvalue weighted by atomic mass is 9.93. The zero-order chi connectivity index (χ0) is 13.8. The van der Waals surface area contributed by atoms with Crippen LogP contribution in [-0.2, 0) is 9.59 Å². The Hall–Kier alpha value is -1.79. The second-order valence-corrected chi connectivity index (χ2v) is 4.53. The van der Waals surface area contributed by atoms with Crippen molar-refractivity contribution in [1.82, 2.24) is 10.2 Å². The molecule has 0 aromatic carbocycles. The Morgan fingerprint density at radius 1 is 1.41 bits per heavy atom. The van der Waals surface area contributed by atoms with Crippen LogP contribution in [0.3, 0.4) is 0 Å². The van der Waals surface area contributed by atoms with Gasteiger partial charge in [0, 0.05) is 13.6 Å². The molecule has 1 atom stereocenters. The van der Waals surface area contributed by atoms with Gasteiger partial charge in [0.15, 0.2) is 0 Å². The molecule has 0 saturated heterocycles. The van der Waals surface area contributed by atoms with Crippen molar-refractivity contribution < 1.29 is 19.5 Å². The summed E-state index contributed by atoms with van der Waals surface area (Å²) in [5, 5.41) is 11.2. The van der Waals surface area contributed by atoms with E-state index in [4.69, 9.17) is 10.8 Å². The number of nitrogens with one attached hydrogen (secondary N) is 1. The van der Waals surface area contributed by atoms with Gasteiger partial charge in [-0.05, 0) is 20.8 Å². The van der Waals surface area contributed by atoms with Crippen LogP contribution in [0.25, 0.3) is 0 Å². The minimum atomic E-state index is -1.10. The third kappa shape index (κ3) is 4.29. The highest BCUT2D eigenvalue weighted by atomic mass is 16.4. The number of likely N-dealkylation sites (N-methyl/N-ethyl adjacent to an activating group) is 1. The fourth-order valence-corrected chi connectivity index (χ4v) is 0.850. The SMILES string of the molecule is CC(C(=O)O)N(C)C(=O)NCC(C)(C)C(N)=O. The van der Waals surface area contributed by atoms with Gasteiger partial charge in [-0.25, -0.2) is 9.59 Å². The average molecular weight is 245 g/mol. The zero-order valence-electron chi connectivity index (χ0n) is 10.5. The molecule has 0 heterocycles. The maximum absolute atomic E-state index is 11.6. The predicted molar refractivity (Wildman–Crippen MR) is 61.2 cm³/mol. The van der Waals surface area contributed by atoms with Gasteiger partial charge in [0.25, 0.3) is 0 Å². The van der Waals surface area contributed by atoms with E-state index in [9.17, 15) is 14.4 Å². The Balaban J connectivity index is 4.38. The first kappa shape index (κ1) is 15.2. The highest BCUT2D eigenvalue weighted by Crippen LogP contribution is 2.12. The third-order valence-corrected chi connectivity index (χ3v) is 2.61. The number of hydrogen-bond donors (Lipinski definition) is 3. The van der Waals surface area contributed by atoms with Crippen molar-refractivity contribution in [2.45, 2.75) is 26.8 Å². The number of nitrogens with zero attached hydrogens (tertiary/aromatic N) is 1. The van der Waals surface area contributed by atoms with Crippen LogP contribution in [0.1, 0.15) is 20.8 Å². The van der Waals surface area contributed by atoms with E-state index in [0.29, 0.717) is 0 Å². The molecule has 3 amide bonds. The largest absolute Gasteiger partial charge is 0.480 e. The Labute approximate surface area is 100.0 Å². The highest BCUT2D eigenvalue weighted by Gasteiger charge is 2.27. The number of urea groups is 1. The summed E-state index contributed by atoms with van der Waals surface area (Å²) in [6.07, 6.45) is 0. The van der Waals surface area contributed by atoms with E-state index in [1.54, 1.807) is 13.8 Å². The topological polar surface area (TPSA) is 113 Å². The first-order valence-electron chi connectivity index (χ1n) is 5.13. The molecule has 4 N–H and O–H groups in total. The van der Waals surface area contributed by atoms with E-state index in [1.165, 1.54) is 14.0 Å². The summed E-state index contributed by atoms with van der Waals surface area (Å²) in [6.45, 7) is 4.63. The van der Waals surface area contributed by atoms with Crippen LogP contribution in [0.15, 0.2) is 0 Å². The Morgan fingerprint density at radius 2 is 1.88 bits per heavy atom. The number of carboxylic acid groups (broad SMARTS) is 1. The van der Waals surface area contributed by atoms with Gasteiger partial charge in [0.1, 0.15) is 6.04 Å². The van der Waals surface area contributed by atoms with Gasteiger partial charge in [-0.1, -0.05) is 0 Å². The van der Waals surface area contributed by atoms with Gasteiger partial charge in [-0.2, -0.15) is 0 Å². The van der Waals surface area contributed by atoms with Crippen LogP contribution < -0.4 is 11.1 Å². The smallest absolute Gasteiger partial charge is 0.326 e. The van der Waals surface area contributed by atoms with Crippen LogP contribution in [-0.4, -0.2) is 47.5 Å². The van der Waals surface area contributed by atoms with Gasteiger partial charge in [-0.3, -0.25) is 4.79 Å². The monoisotopic (exact) mass is 245 g/mol. The molecule has 1 unspecified atom stereocenters. The predicted octanol–water partition coefficient (Wildman–Crippen LogP) is -0.388. The van der Waals surface area contributed by atoms with Crippen LogP contribution in [0.5, 0.6) is 0 Å². The molecule has 0 aromatic rings. The van der Waals surface area contributed by atoms with Gasteiger partial charge < -0.3 is 21.1 Å². The zero-order valence-corrected chi connectivity index (χ0v) is 10.5. The molecule has 0 bridgehead atoms. The lowest BCUT2D eigenvalue weighted by molar-refractivity contribution is -0.141. The normalized spacial score (nSPS) is 12.7. The summed E-state index contributed by atoms with van der Waals surface area (Å²) < 4.78 is 0. The molecule has 0 fully saturated rings. The quantitative estimate of drug-likeness (QED) is 0.612. The summed E-state index contributed by atoms with van der Waals surface area (Å²) in [6, 6.07) is -1.50. The van der Waals surface area contributed by atoms with Crippen LogP contribution in [0.4, 0.5) is 4.79 Å². The molecule has 7 heteroatoms. The van der Waals surface area contributed by atoms with Crippen molar-refractivity contribution in [1.29, 1.82) is 0 Å². The average Bonchev–Trinajstić information content (AvgIpc) is 2.23. The van der Waals surface area contributed by atoms with Gasteiger partial charge in [0.05, 0.1) is 5.41 Å². The van der Waals surface area contributed by atoms with Gasteiger partial charge in [0.2, 0.25) is 5.91 Å². The standard InChI is InChI=1S/C10H19N3O4/c1-6(7(14)15)13(4)9(17)12-5-10(2,3)8(11)16/h6H,5H2,1-4H3,(H2,11,16)(H,12,17)(H,14,15). The maximum atomic E-state index is 11.6. The molecule has 0 saturated carbocycles. The molecule has 7 nitrogen and oxygen atoms in total. The molecule has 0 aliphatic heterocycles. The third-order valence-electron chi connectivity index (χ3n) is 2.61. The lowest BCUT2D eigenvalue weighted by Crippen LogP contribution is -2.49. The van der Waals surface area contributed by atoms with E-state index in [0.717, 1.165) is 4.90 Å². The molecule has 0 radical (unpaired) electrons. The van der Waals surface area contributed by atoms with Crippen molar-refractivity contribution in [3.8, 4) is 0 Å². The fourth-order valence-electron chi connectivity index (χ4n) is 0.850. The van der Waals surface area contributed by atoms with Crippen molar-refractivity contribution in [3.05, 3.63) is 0 Å². The summed E-state index contributed by atoms with van der Waals surface area (Å²) in [5.74, 6) is -1.64. The van der Waals surface area contributed by atoms with Crippen molar-refractivity contribution in [2.24, 2.45) is 11.1 Å². The Bertz CT molecular complexity index is 328. The maximum Gasteiger partial charge on any atom is 0.326 e. The Morgan fingerprint density at radius 3 is 2.24 bits per heavy atom. The van der Waals surface area contributed by atoms with Gasteiger partial charge in [-0.15, -0.1) is 0 Å². The molecule has 0 aromatic heterocycles. The highest BCUT2D eigenvalue weighted by molar-refractivity contribution is 5.83. The second-order valence-electron chi connectivity index (χ2n) is 4.53. The van der Waals surface area contributed by atoms with Crippen LogP contribution in [0, 0.1) is 5.41 Å². The molecule has 0 aliphatic rings. The summed E-state index contributed by atoms with van der Waals surface area (Å²) in [5.41, 5.74) is 4.27. The van der Waals surface area contributed by atoms with Crippen LogP contribution >= 0.6 is 0 Å². The van der Waals surface area contributed by atoms with Crippen molar-refractivity contribution >= 4 is 17.9 Å². The van der Waals surface area contributed by atoms with Crippen molar-refractivity contribution in [2.75, 3.05) is 13.6 Å². The van der Waals surface area contributed by atoms with Gasteiger partial charge >= 0.3 is 12.0 Å². The number of carboxylic acids is 1. The van der Waals surface area contributed by atoms with Crippen LogP contribution in [0.2, 0.25) is 0 Å². The number of aliphatic carboxylic acids is 1. The summed E-state index contributed by atoms with van der Waals surface area (Å²) >= 11 is 0. The number of carbonyl (C=O) groups excluding carboxylic acids is 2. The van der Waals surface area contributed by atoms with E-state index >= 15 is 0 Å². The number of rotatable bonds is 5. The lowest BCUT2D eigenvalue weighted by Gasteiger charge is -2.25. The van der Waals surface area contributed by atoms with Crippen molar-refractivity contribution in [3.63, 3.8) is 0 Å². The number of amides is 3. The van der Waals surface area contributed by atoms with E-state index in [-0.39, 0.29) is 6.54 Å². The minimum Gasteiger partial charge on any atom is -0.480 e. The summed E-state index contributed by atoms with van der Waals surface area (Å²) in [4.78, 5) is 34.3. The molecule has 0 spiro atoms. The fraction of sp³-hybridized carbons (Fsp3) is 0.700. The first-order valence-corrected chi connectivity index (χ1v) is 5.13.